The highest BCUT2D eigenvalue weighted by molar-refractivity contribution is 5.65. The fourth-order valence-corrected chi connectivity index (χ4v) is 5.29. The van der Waals surface area contributed by atoms with Gasteiger partial charge < -0.3 is 9.84 Å². The van der Waals surface area contributed by atoms with Gasteiger partial charge in [-0.05, 0) is 70.7 Å². The molecule has 3 atom stereocenters. The van der Waals surface area contributed by atoms with Gasteiger partial charge in [-0.2, -0.15) is 0 Å². The number of ether oxygens (including phenoxy) is 1. The van der Waals surface area contributed by atoms with Gasteiger partial charge in [0.2, 0.25) is 0 Å². The van der Waals surface area contributed by atoms with Crippen LogP contribution in [0.3, 0.4) is 0 Å². The van der Waals surface area contributed by atoms with Crippen LogP contribution in [0.1, 0.15) is 94.9 Å². The molecule has 146 valence electrons. The number of fused-ring (bicyclic) bond motifs is 3. The fraction of sp³-hybridized carbons (Fsp3) is 0.625. The Morgan fingerprint density at radius 2 is 2.07 bits per heavy atom. The second kappa shape index (κ2) is 7.00. The van der Waals surface area contributed by atoms with Crippen LogP contribution in [0.2, 0.25) is 0 Å². The molecular weight excluding hydrogens is 334 g/mol. The zero-order valence-corrected chi connectivity index (χ0v) is 17.2. The summed E-state index contributed by atoms with van der Waals surface area (Å²) in [6.45, 7) is 8.85. The lowest BCUT2D eigenvalue weighted by Crippen LogP contribution is -2.43. The highest BCUT2D eigenvalue weighted by Crippen LogP contribution is 2.57. The van der Waals surface area contributed by atoms with Crippen molar-refractivity contribution < 1.29 is 9.84 Å². The van der Waals surface area contributed by atoms with Crippen molar-refractivity contribution in [2.24, 2.45) is 10.9 Å². The van der Waals surface area contributed by atoms with E-state index < -0.39 is 0 Å². The first kappa shape index (κ1) is 18.6. The van der Waals surface area contributed by atoms with Crippen molar-refractivity contribution in [1.82, 2.24) is 0 Å². The summed E-state index contributed by atoms with van der Waals surface area (Å²) in [5.74, 6) is 1.99. The highest BCUT2D eigenvalue weighted by Gasteiger charge is 2.48. The Kier molecular flexibility index (Phi) is 4.82. The molecule has 0 saturated heterocycles. The Morgan fingerprint density at radius 3 is 2.78 bits per heavy atom. The van der Waals surface area contributed by atoms with Crippen LogP contribution in [0.4, 0.5) is 0 Å². The Bertz CT molecular complexity index is 790. The number of phenols is 1. The van der Waals surface area contributed by atoms with Crippen molar-refractivity contribution in [2.45, 2.75) is 90.2 Å². The highest BCUT2D eigenvalue weighted by atomic mass is 16.5. The summed E-state index contributed by atoms with van der Waals surface area (Å²) in [5.41, 5.74) is 4.65. The van der Waals surface area contributed by atoms with E-state index in [1.54, 1.807) is 0 Å². The molecule has 3 unspecified atom stereocenters. The molecule has 1 aromatic rings. The van der Waals surface area contributed by atoms with E-state index in [9.17, 15) is 5.11 Å². The molecule has 2 heterocycles. The average molecular weight is 368 g/mol. The van der Waals surface area contributed by atoms with Crippen molar-refractivity contribution in [1.29, 1.82) is 0 Å². The van der Waals surface area contributed by atoms with Gasteiger partial charge in [-0.25, -0.2) is 0 Å². The quantitative estimate of drug-likeness (QED) is 0.493. The number of rotatable bonds is 5. The summed E-state index contributed by atoms with van der Waals surface area (Å²) >= 11 is 0. The maximum absolute atomic E-state index is 11.0. The summed E-state index contributed by atoms with van der Waals surface area (Å²) in [6, 6.07) is 2.20. The monoisotopic (exact) mass is 367 g/mol. The summed E-state index contributed by atoms with van der Waals surface area (Å²) in [7, 11) is 0. The number of hydrogen-bond donors (Lipinski definition) is 1. The lowest BCUT2D eigenvalue weighted by molar-refractivity contribution is 0.0210. The molecule has 2 aliphatic heterocycles. The first-order valence-corrected chi connectivity index (χ1v) is 10.7. The summed E-state index contributed by atoms with van der Waals surface area (Å²) in [4.78, 5) is 4.78. The van der Waals surface area contributed by atoms with Gasteiger partial charge in [-0.3, -0.25) is 4.99 Å². The predicted octanol–water partition coefficient (Wildman–Crippen LogP) is 6.25. The van der Waals surface area contributed by atoms with Crippen LogP contribution in [0.15, 0.2) is 22.7 Å². The maximum Gasteiger partial charge on any atom is 0.133 e. The van der Waals surface area contributed by atoms with Crippen LogP contribution < -0.4 is 4.74 Å². The van der Waals surface area contributed by atoms with Gasteiger partial charge in [0.25, 0.3) is 0 Å². The zero-order chi connectivity index (χ0) is 19.2. The molecule has 0 fully saturated rings. The number of aryl methyl sites for hydroxylation is 1. The van der Waals surface area contributed by atoms with Gasteiger partial charge in [0, 0.05) is 23.0 Å². The van der Waals surface area contributed by atoms with Gasteiger partial charge in [-0.1, -0.05) is 31.4 Å². The number of aliphatic imine (C=N–C) groups is 1. The van der Waals surface area contributed by atoms with E-state index in [0.29, 0.717) is 11.7 Å². The van der Waals surface area contributed by atoms with E-state index in [1.807, 2.05) is 6.07 Å². The minimum absolute atomic E-state index is 0.176. The van der Waals surface area contributed by atoms with Crippen molar-refractivity contribution >= 4 is 6.21 Å². The van der Waals surface area contributed by atoms with E-state index in [-0.39, 0.29) is 17.6 Å². The minimum Gasteiger partial charge on any atom is -0.507 e. The minimum atomic E-state index is -0.239. The standard InChI is InChI=1S/C24H33NO2/c1-5-6-7-9-16-14-20(26)22-17-12-15(2)13-18(17)24(3,4)27-23(22)21(16)19-10-8-11-25-19/h11-12,14,17-19,26H,5-10,13H2,1-4H3. The second-order valence-corrected chi connectivity index (χ2v) is 9.15. The topological polar surface area (TPSA) is 41.8 Å². The SMILES string of the molecule is CCCCCc1cc(O)c2c(c1C1CCC=N1)OC(C)(C)C1CC(C)=CC21. The largest absolute Gasteiger partial charge is 0.507 e. The molecule has 4 rings (SSSR count). The summed E-state index contributed by atoms with van der Waals surface area (Å²) in [5, 5.41) is 11.0. The molecule has 3 nitrogen and oxygen atoms in total. The molecule has 1 N–H and O–H groups in total. The third kappa shape index (κ3) is 3.19. The Morgan fingerprint density at radius 1 is 1.26 bits per heavy atom. The van der Waals surface area contributed by atoms with Gasteiger partial charge in [0.05, 0.1) is 6.04 Å². The molecule has 3 heteroatoms. The van der Waals surface area contributed by atoms with Crippen molar-refractivity contribution in [3.8, 4) is 11.5 Å². The molecule has 0 amide bonds. The van der Waals surface area contributed by atoms with Crippen molar-refractivity contribution in [2.75, 3.05) is 0 Å². The number of phenolic OH excluding ortho intramolecular Hbond substituents is 1. The first-order valence-electron chi connectivity index (χ1n) is 10.7. The van der Waals surface area contributed by atoms with Gasteiger partial charge >= 0.3 is 0 Å². The number of unbranched alkanes of at least 4 members (excludes halogenated alkanes) is 2. The predicted molar refractivity (Wildman–Crippen MR) is 111 cm³/mol. The lowest BCUT2D eigenvalue weighted by atomic mass is 9.74. The maximum atomic E-state index is 11.0. The van der Waals surface area contributed by atoms with Crippen LogP contribution in [0, 0.1) is 5.92 Å². The third-order valence-corrected chi connectivity index (χ3v) is 6.69. The molecule has 1 aromatic carbocycles. The molecule has 0 spiro atoms. The third-order valence-electron chi connectivity index (χ3n) is 6.69. The van der Waals surface area contributed by atoms with Crippen LogP contribution >= 0.6 is 0 Å². The van der Waals surface area contributed by atoms with Gasteiger partial charge in [0.15, 0.2) is 0 Å². The van der Waals surface area contributed by atoms with Crippen molar-refractivity contribution in [3.63, 3.8) is 0 Å². The van der Waals surface area contributed by atoms with E-state index in [4.69, 9.17) is 9.73 Å². The van der Waals surface area contributed by atoms with E-state index in [2.05, 4.69) is 40.0 Å². The van der Waals surface area contributed by atoms with E-state index in [1.165, 1.54) is 29.5 Å². The molecule has 0 aromatic heterocycles. The van der Waals surface area contributed by atoms with Crippen LogP contribution in [0.25, 0.3) is 0 Å². The number of benzene rings is 1. The molecule has 27 heavy (non-hydrogen) atoms. The van der Waals surface area contributed by atoms with E-state index >= 15 is 0 Å². The Labute approximate surface area is 163 Å². The van der Waals surface area contributed by atoms with E-state index in [0.717, 1.165) is 43.4 Å². The normalized spacial score (nSPS) is 27.9. The number of allylic oxidation sites excluding steroid dienone is 2. The van der Waals surface area contributed by atoms with Gasteiger partial charge in [0.1, 0.15) is 17.1 Å². The summed E-state index contributed by atoms with van der Waals surface area (Å²) < 4.78 is 6.69. The molecule has 0 saturated carbocycles. The molecule has 1 aliphatic carbocycles. The zero-order valence-electron chi connectivity index (χ0n) is 17.2. The van der Waals surface area contributed by atoms with Crippen LogP contribution in [-0.2, 0) is 6.42 Å². The van der Waals surface area contributed by atoms with Crippen LogP contribution in [-0.4, -0.2) is 16.9 Å². The lowest BCUT2D eigenvalue weighted by Gasteiger charge is -2.43. The first-order chi connectivity index (χ1) is 12.9. The number of nitrogens with zero attached hydrogens (tertiary/aromatic N) is 1. The molecule has 3 aliphatic rings. The molecular formula is C24H33NO2. The molecule has 0 bridgehead atoms. The second-order valence-electron chi connectivity index (χ2n) is 9.15. The number of aromatic hydroxyl groups is 1. The van der Waals surface area contributed by atoms with Gasteiger partial charge in [-0.15, -0.1) is 0 Å². The summed E-state index contributed by atoms with van der Waals surface area (Å²) in [6.07, 6.45) is 12.1. The number of hydrogen-bond acceptors (Lipinski definition) is 3. The fourth-order valence-electron chi connectivity index (χ4n) is 5.29. The average Bonchev–Trinajstić information content (AvgIpc) is 3.24. The smallest absolute Gasteiger partial charge is 0.133 e. The van der Waals surface area contributed by atoms with Crippen LogP contribution in [0.5, 0.6) is 11.5 Å². The Balaban J connectivity index is 1.86. The van der Waals surface area contributed by atoms with Crippen molar-refractivity contribution in [3.05, 3.63) is 34.4 Å². The molecule has 0 radical (unpaired) electrons. The Hall–Kier alpha value is -1.77.